The zero-order valence-corrected chi connectivity index (χ0v) is 13.8. The highest BCUT2D eigenvalue weighted by atomic mass is 16.3. The summed E-state index contributed by atoms with van der Waals surface area (Å²) in [6, 6.07) is 12.9. The van der Waals surface area contributed by atoms with Crippen molar-refractivity contribution >= 4 is 5.91 Å². The van der Waals surface area contributed by atoms with E-state index >= 15 is 0 Å². The summed E-state index contributed by atoms with van der Waals surface area (Å²) in [6.45, 7) is 1.83. The third-order valence-corrected chi connectivity index (χ3v) is 4.61. The van der Waals surface area contributed by atoms with Crippen LogP contribution in [0.25, 0.3) is 5.82 Å². The van der Waals surface area contributed by atoms with Crippen molar-refractivity contribution in [1.29, 1.82) is 0 Å². The van der Waals surface area contributed by atoms with Crippen LogP contribution in [0.3, 0.4) is 0 Å². The van der Waals surface area contributed by atoms with Gasteiger partial charge in [-0.2, -0.15) is 5.10 Å². The Morgan fingerprint density at radius 2 is 2.04 bits per heavy atom. The van der Waals surface area contributed by atoms with Gasteiger partial charge >= 0.3 is 0 Å². The first-order valence-electron chi connectivity index (χ1n) is 8.18. The highest BCUT2D eigenvalue weighted by Crippen LogP contribution is 2.31. The first kappa shape index (κ1) is 15.5. The SMILES string of the molecule is Cc1c(C(=O)N[C@H]2c3ccccc3C[C@H]2O)cnn1-c1ccccn1. The lowest BCUT2D eigenvalue weighted by Gasteiger charge is -2.17. The Kier molecular flexibility index (Phi) is 3.82. The Morgan fingerprint density at radius 1 is 1.24 bits per heavy atom. The molecule has 3 aromatic rings. The smallest absolute Gasteiger partial charge is 0.255 e. The van der Waals surface area contributed by atoms with E-state index in [0.29, 0.717) is 23.5 Å². The number of fused-ring (bicyclic) bond motifs is 1. The van der Waals surface area contributed by atoms with Crippen LogP contribution in [-0.4, -0.2) is 31.9 Å². The van der Waals surface area contributed by atoms with E-state index in [1.54, 1.807) is 10.9 Å². The molecular weight excluding hydrogens is 316 g/mol. The van der Waals surface area contributed by atoms with Gasteiger partial charge in [0.25, 0.3) is 5.91 Å². The van der Waals surface area contributed by atoms with Gasteiger partial charge in [-0.1, -0.05) is 30.3 Å². The highest BCUT2D eigenvalue weighted by molar-refractivity contribution is 5.95. The predicted octanol–water partition coefficient (Wildman–Crippen LogP) is 1.96. The summed E-state index contributed by atoms with van der Waals surface area (Å²) in [4.78, 5) is 17.0. The van der Waals surface area contributed by atoms with Crippen LogP contribution < -0.4 is 5.32 Å². The third-order valence-electron chi connectivity index (χ3n) is 4.61. The Labute approximate surface area is 145 Å². The van der Waals surface area contributed by atoms with Crippen molar-refractivity contribution in [2.24, 2.45) is 0 Å². The van der Waals surface area contributed by atoms with E-state index in [1.165, 1.54) is 6.20 Å². The fourth-order valence-corrected chi connectivity index (χ4v) is 3.31. The molecule has 0 saturated heterocycles. The van der Waals surface area contributed by atoms with Crippen molar-refractivity contribution in [2.45, 2.75) is 25.5 Å². The minimum atomic E-state index is -0.618. The van der Waals surface area contributed by atoms with Gasteiger partial charge in [-0.15, -0.1) is 0 Å². The molecule has 2 atom stereocenters. The van der Waals surface area contributed by atoms with Crippen LogP contribution in [0.2, 0.25) is 0 Å². The number of hydrogen-bond donors (Lipinski definition) is 2. The van der Waals surface area contributed by atoms with Gasteiger partial charge in [0.15, 0.2) is 5.82 Å². The second kappa shape index (κ2) is 6.14. The summed E-state index contributed by atoms with van der Waals surface area (Å²) in [5.74, 6) is 0.408. The van der Waals surface area contributed by atoms with Crippen molar-refractivity contribution in [1.82, 2.24) is 20.1 Å². The minimum absolute atomic E-state index is 0.250. The fraction of sp³-hybridized carbons (Fsp3) is 0.211. The quantitative estimate of drug-likeness (QED) is 0.767. The van der Waals surface area contributed by atoms with Crippen molar-refractivity contribution < 1.29 is 9.90 Å². The van der Waals surface area contributed by atoms with Crippen molar-refractivity contribution in [3.63, 3.8) is 0 Å². The molecule has 4 rings (SSSR count). The van der Waals surface area contributed by atoms with Crippen LogP contribution in [-0.2, 0) is 6.42 Å². The van der Waals surface area contributed by atoms with Crippen LogP contribution in [0.1, 0.15) is 33.2 Å². The van der Waals surface area contributed by atoms with Crippen LogP contribution in [0.5, 0.6) is 0 Å². The van der Waals surface area contributed by atoms with Gasteiger partial charge < -0.3 is 10.4 Å². The molecule has 25 heavy (non-hydrogen) atoms. The molecule has 126 valence electrons. The summed E-state index contributed by atoms with van der Waals surface area (Å²) < 4.78 is 1.63. The topological polar surface area (TPSA) is 80.0 Å². The summed E-state index contributed by atoms with van der Waals surface area (Å²) >= 11 is 0. The number of pyridine rings is 1. The molecule has 1 aliphatic carbocycles. The first-order valence-corrected chi connectivity index (χ1v) is 8.18. The molecule has 0 saturated carbocycles. The maximum atomic E-state index is 12.7. The van der Waals surface area contributed by atoms with Gasteiger partial charge in [-0.3, -0.25) is 4.79 Å². The molecule has 1 aliphatic rings. The van der Waals surface area contributed by atoms with Gasteiger partial charge in [0.1, 0.15) is 0 Å². The second-order valence-corrected chi connectivity index (χ2v) is 6.16. The molecule has 0 spiro atoms. The third kappa shape index (κ3) is 2.70. The molecule has 2 aromatic heterocycles. The number of carbonyl (C=O) groups is 1. The Bertz CT molecular complexity index is 920. The summed E-state index contributed by atoms with van der Waals surface area (Å²) in [5, 5.41) is 17.5. The van der Waals surface area contributed by atoms with Crippen molar-refractivity contribution in [3.05, 3.63) is 77.2 Å². The van der Waals surface area contributed by atoms with Crippen molar-refractivity contribution in [3.8, 4) is 5.82 Å². The number of hydrogen-bond acceptors (Lipinski definition) is 4. The molecule has 6 nitrogen and oxygen atoms in total. The number of nitrogens with one attached hydrogen (secondary N) is 1. The summed E-state index contributed by atoms with van der Waals surface area (Å²) in [5.41, 5.74) is 3.22. The molecule has 0 bridgehead atoms. The number of benzene rings is 1. The lowest BCUT2D eigenvalue weighted by molar-refractivity contribution is 0.0857. The fourth-order valence-electron chi connectivity index (χ4n) is 3.31. The van der Waals surface area contributed by atoms with E-state index in [-0.39, 0.29) is 5.91 Å². The number of carbonyl (C=O) groups excluding carboxylic acids is 1. The molecule has 2 heterocycles. The first-order chi connectivity index (χ1) is 12.1. The van der Waals surface area contributed by atoms with E-state index in [0.717, 1.165) is 11.1 Å². The average Bonchev–Trinajstić information content (AvgIpc) is 3.16. The minimum Gasteiger partial charge on any atom is -0.390 e. The maximum absolute atomic E-state index is 12.7. The summed E-state index contributed by atoms with van der Waals surface area (Å²) in [7, 11) is 0. The molecule has 0 fully saturated rings. The monoisotopic (exact) mass is 334 g/mol. The van der Waals surface area contributed by atoms with E-state index in [1.807, 2.05) is 49.4 Å². The van der Waals surface area contributed by atoms with E-state index in [4.69, 9.17) is 0 Å². The zero-order chi connectivity index (χ0) is 17.4. The molecule has 1 amide bonds. The molecule has 0 radical (unpaired) electrons. The number of amides is 1. The Balaban J connectivity index is 1.60. The predicted molar refractivity (Wildman–Crippen MR) is 92.5 cm³/mol. The van der Waals surface area contributed by atoms with E-state index in [2.05, 4.69) is 15.4 Å². The van der Waals surface area contributed by atoms with Crippen LogP contribution >= 0.6 is 0 Å². The zero-order valence-electron chi connectivity index (χ0n) is 13.8. The molecule has 0 unspecified atom stereocenters. The van der Waals surface area contributed by atoms with Crippen molar-refractivity contribution in [2.75, 3.05) is 0 Å². The van der Waals surface area contributed by atoms with Gasteiger partial charge in [-0.25, -0.2) is 9.67 Å². The van der Waals surface area contributed by atoms with Crippen LogP contribution in [0, 0.1) is 6.92 Å². The normalized spacial score (nSPS) is 18.8. The largest absolute Gasteiger partial charge is 0.390 e. The number of aliphatic hydroxyl groups is 1. The second-order valence-electron chi connectivity index (χ2n) is 6.16. The standard InChI is InChI=1S/C19H18N4O2/c1-12-15(11-21-23(12)17-8-4-5-9-20-17)19(25)22-18-14-7-3-2-6-13(14)10-16(18)24/h2-9,11,16,18,24H,10H2,1H3,(H,22,25)/t16-,18+/m1/s1. The van der Waals surface area contributed by atoms with Gasteiger partial charge in [-0.05, 0) is 30.2 Å². The summed E-state index contributed by atoms with van der Waals surface area (Å²) in [6.07, 6.45) is 3.15. The molecule has 6 heteroatoms. The van der Waals surface area contributed by atoms with Gasteiger partial charge in [0, 0.05) is 12.6 Å². The maximum Gasteiger partial charge on any atom is 0.255 e. The molecule has 0 aliphatic heterocycles. The number of nitrogens with zero attached hydrogens (tertiary/aromatic N) is 3. The number of aromatic nitrogens is 3. The number of aliphatic hydroxyl groups excluding tert-OH is 1. The molecule has 1 aromatic carbocycles. The van der Waals surface area contributed by atoms with E-state index in [9.17, 15) is 9.90 Å². The lowest BCUT2D eigenvalue weighted by atomic mass is 10.1. The molecular formula is C19H18N4O2. The lowest BCUT2D eigenvalue weighted by Crippen LogP contribution is -2.34. The Hall–Kier alpha value is -2.99. The van der Waals surface area contributed by atoms with Gasteiger partial charge in [0.2, 0.25) is 0 Å². The molecule has 2 N–H and O–H groups in total. The number of rotatable bonds is 3. The Morgan fingerprint density at radius 3 is 2.84 bits per heavy atom. The van der Waals surface area contributed by atoms with Crippen LogP contribution in [0.15, 0.2) is 54.9 Å². The van der Waals surface area contributed by atoms with E-state index < -0.39 is 12.1 Å². The highest BCUT2D eigenvalue weighted by Gasteiger charge is 2.32. The van der Waals surface area contributed by atoms with Gasteiger partial charge in [0.05, 0.1) is 29.6 Å². The average molecular weight is 334 g/mol. The van der Waals surface area contributed by atoms with Crippen LogP contribution in [0.4, 0.5) is 0 Å².